The van der Waals surface area contributed by atoms with Crippen molar-refractivity contribution in [2.45, 2.75) is 24.5 Å². The first-order chi connectivity index (χ1) is 10.1. The Kier molecular flexibility index (Phi) is 5.50. The molecule has 1 saturated heterocycles. The fourth-order valence-electron chi connectivity index (χ4n) is 2.40. The van der Waals surface area contributed by atoms with E-state index in [2.05, 4.69) is 0 Å². The number of carboxylic acids is 1. The maximum Gasteiger partial charge on any atom is 0.319 e. The van der Waals surface area contributed by atoms with Crippen LogP contribution < -0.4 is 0 Å². The molecule has 0 bridgehead atoms. The van der Waals surface area contributed by atoms with Crippen LogP contribution in [0.4, 0.5) is 0 Å². The van der Waals surface area contributed by atoms with E-state index in [9.17, 15) is 18.9 Å². The fourth-order valence-corrected chi connectivity index (χ4v) is 3.63. The van der Waals surface area contributed by atoms with Gasteiger partial charge in [-0.15, -0.1) is 0 Å². The number of nitrogens with zero attached hydrogens (tertiary/aromatic N) is 1. The van der Waals surface area contributed by atoms with E-state index in [1.165, 1.54) is 0 Å². The molecule has 2 rings (SSSR count). The van der Waals surface area contributed by atoms with Gasteiger partial charge in [-0.05, 0) is 24.8 Å². The SMILES string of the molecule is O=C(O)C(Cc1ccccc1)S(=O)CC(=O)N1CCCC1. The standard InChI is InChI=1S/C15H19NO4S/c17-14(16-8-4-5-9-16)11-21(20)13(15(18)19)10-12-6-2-1-3-7-12/h1-3,6-7,13H,4-5,8-11H2,(H,18,19). The molecule has 21 heavy (non-hydrogen) atoms. The quantitative estimate of drug-likeness (QED) is 0.852. The Morgan fingerprint density at radius 1 is 1.19 bits per heavy atom. The molecule has 1 fully saturated rings. The van der Waals surface area contributed by atoms with Gasteiger partial charge in [-0.25, -0.2) is 0 Å². The minimum absolute atomic E-state index is 0.177. The van der Waals surface area contributed by atoms with Gasteiger partial charge in [-0.3, -0.25) is 13.8 Å². The highest BCUT2D eigenvalue weighted by molar-refractivity contribution is 7.87. The third-order valence-corrected chi connectivity index (χ3v) is 5.12. The Hall–Kier alpha value is -1.69. The molecule has 1 aromatic rings. The van der Waals surface area contributed by atoms with Crippen molar-refractivity contribution in [3.05, 3.63) is 35.9 Å². The molecule has 0 spiro atoms. The fraction of sp³-hybridized carbons (Fsp3) is 0.467. The first-order valence-electron chi connectivity index (χ1n) is 6.99. The Morgan fingerprint density at radius 3 is 2.38 bits per heavy atom. The summed E-state index contributed by atoms with van der Waals surface area (Å²) in [5.41, 5.74) is 0.812. The van der Waals surface area contributed by atoms with Crippen LogP contribution in [0, 0.1) is 0 Å². The highest BCUT2D eigenvalue weighted by atomic mass is 32.2. The predicted molar refractivity (Wildman–Crippen MR) is 80.4 cm³/mol. The molecule has 6 heteroatoms. The Morgan fingerprint density at radius 2 is 1.81 bits per heavy atom. The summed E-state index contributed by atoms with van der Waals surface area (Å²) < 4.78 is 12.2. The van der Waals surface area contributed by atoms with Gasteiger partial charge in [0.2, 0.25) is 5.91 Å². The van der Waals surface area contributed by atoms with Gasteiger partial charge in [-0.2, -0.15) is 0 Å². The van der Waals surface area contributed by atoms with Gasteiger partial charge in [0.15, 0.2) is 0 Å². The van der Waals surface area contributed by atoms with E-state index in [4.69, 9.17) is 0 Å². The molecule has 0 aromatic heterocycles. The summed E-state index contributed by atoms with van der Waals surface area (Å²) in [5.74, 6) is -1.53. The topological polar surface area (TPSA) is 74.7 Å². The van der Waals surface area contributed by atoms with E-state index in [0.717, 1.165) is 18.4 Å². The molecule has 1 aliphatic heterocycles. The lowest BCUT2D eigenvalue weighted by atomic mass is 10.1. The van der Waals surface area contributed by atoms with Gasteiger partial charge in [0, 0.05) is 23.9 Å². The number of carbonyl (C=O) groups excluding carboxylic acids is 1. The van der Waals surface area contributed by atoms with Crippen LogP contribution in [0.15, 0.2) is 30.3 Å². The molecule has 1 aromatic carbocycles. The first-order valence-corrected chi connectivity index (χ1v) is 8.38. The van der Waals surface area contributed by atoms with Gasteiger partial charge in [-0.1, -0.05) is 30.3 Å². The monoisotopic (exact) mass is 309 g/mol. The third-order valence-electron chi connectivity index (χ3n) is 3.58. The summed E-state index contributed by atoms with van der Waals surface area (Å²) in [6, 6.07) is 9.07. The maximum atomic E-state index is 12.2. The smallest absolute Gasteiger partial charge is 0.319 e. The van der Waals surface area contributed by atoms with Crippen molar-refractivity contribution in [1.82, 2.24) is 4.90 Å². The Balaban J connectivity index is 1.98. The van der Waals surface area contributed by atoms with Crippen molar-refractivity contribution < 1.29 is 18.9 Å². The molecule has 114 valence electrons. The van der Waals surface area contributed by atoms with E-state index in [1.54, 1.807) is 17.0 Å². The van der Waals surface area contributed by atoms with Crippen LogP contribution in [-0.2, 0) is 26.8 Å². The van der Waals surface area contributed by atoms with E-state index in [0.29, 0.717) is 13.1 Å². The normalized spacial score (nSPS) is 17.4. The molecule has 1 N–H and O–H groups in total. The molecule has 2 atom stereocenters. The minimum atomic E-state index is -1.71. The van der Waals surface area contributed by atoms with Crippen LogP contribution in [0.25, 0.3) is 0 Å². The van der Waals surface area contributed by atoms with E-state index >= 15 is 0 Å². The highest BCUT2D eigenvalue weighted by Crippen LogP contribution is 2.12. The van der Waals surface area contributed by atoms with Gasteiger partial charge in [0.1, 0.15) is 11.0 Å². The van der Waals surface area contributed by atoms with Crippen molar-refractivity contribution in [3.63, 3.8) is 0 Å². The molecule has 0 radical (unpaired) electrons. The van der Waals surface area contributed by atoms with Crippen LogP contribution in [0.5, 0.6) is 0 Å². The number of benzene rings is 1. The minimum Gasteiger partial charge on any atom is -0.480 e. The van der Waals surface area contributed by atoms with Gasteiger partial charge in [0.05, 0.1) is 0 Å². The van der Waals surface area contributed by atoms with Crippen LogP contribution in [-0.4, -0.2) is 50.2 Å². The number of carbonyl (C=O) groups is 2. The molecule has 1 aliphatic rings. The lowest BCUT2D eigenvalue weighted by Crippen LogP contribution is -2.37. The number of carboxylic acid groups (broad SMARTS) is 1. The van der Waals surface area contributed by atoms with E-state index < -0.39 is 22.0 Å². The van der Waals surface area contributed by atoms with Gasteiger partial charge in [0.25, 0.3) is 0 Å². The second-order valence-corrected chi connectivity index (χ2v) is 6.75. The van der Waals surface area contributed by atoms with Crippen LogP contribution in [0.3, 0.4) is 0 Å². The molecule has 0 saturated carbocycles. The number of rotatable bonds is 6. The van der Waals surface area contributed by atoms with Crippen molar-refractivity contribution >= 4 is 22.7 Å². The summed E-state index contributed by atoms with van der Waals surface area (Å²) in [6.45, 7) is 1.37. The largest absolute Gasteiger partial charge is 0.480 e. The Bertz CT molecular complexity index is 526. The summed E-state index contributed by atoms with van der Waals surface area (Å²) in [6.07, 6.45) is 2.10. The number of aliphatic carboxylic acids is 1. The maximum absolute atomic E-state index is 12.2. The number of hydrogen-bond donors (Lipinski definition) is 1. The molecular weight excluding hydrogens is 290 g/mol. The first kappa shape index (κ1) is 15.7. The lowest BCUT2D eigenvalue weighted by molar-refractivity contribution is -0.136. The average Bonchev–Trinajstić information content (AvgIpc) is 2.99. The average molecular weight is 309 g/mol. The van der Waals surface area contributed by atoms with Crippen molar-refractivity contribution in [3.8, 4) is 0 Å². The van der Waals surface area contributed by atoms with Crippen LogP contribution >= 0.6 is 0 Å². The summed E-state index contributed by atoms with van der Waals surface area (Å²) >= 11 is 0. The highest BCUT2D eigenvalue weighted by Gasteiger charge is 2.29. The third kappa shape index (κ3) is 4.39. The van der Waals surface area contributed by atoms with Crippen LogP contribution in [0.2, 0.25) is 0 Å². The van der Waals surface area contributed by atoms with E-state index in [-0.39, 0.29) is 18.1 Å². The predicted octanol–water partition coefficient (Wildman–Crippen LogP) is 1.05. The van der Waals surface area contributed by atoms with Crippen LogP contribution in [0.1, 0.15) is 18.4 Å². The number of amides is 1. The summed E-state index contributed by atoms with van der Waals surface area (Å²) in [7, 11) is -1.71. The lowest BCUT2D eigenvalue weighted by Gasteiger charge is -2.17. The van der Waals surface area contributed by atoms with Crippen molar-refractivity contribution in [1.29, 1.82) is 0 Å². The Labute approximate surface area is 126 Å². The van der Waals surface area contributed by atoms with Gasteiger partial charge < -0.3 is 10.0 Å². The molecular formula is C15H19NO4S. The zero-order chi connectivity index (χ0) is 15.2. The number of likely N-dealkylation sites (tertiary alicyclic amines) is 1. The van der Waals surface area contributed by atoms with Crippen molar-refractivity contribution in [2.24, 2.45) is 0 Å². The van der Waals surface area contributed by atoms with Crippen molar-refractivity contribution in [2.75, 3.05) is 18.8 Å². The molecule has 1 heterocycles. The molecule has 0 aliphatic carbocycles. The van der Waals surface area contributed by atoms with E-state index in [1.807, 2.05) is 18.2 Å². The molecule has 1 amide bonds. The molecule has 2 unspecified atom stereocenters. The summed E-state index contributed by atoms with van der Waals surface area (Å²) in [4.78, 5) is 25.0. The molecule has 5 nitrogen and oxygen atoms in total. The second-order valence-electron chi connectivity index (χ2n) is 5.13. The van der Waals surface area contributed by atoms with Gasteiger partial charge >= 0.3 is 5.97 Å². The zero-order valence-corrected chi connectivity index (χ0v) is 12.6. The zero-order valence-electron chi connectivity index (χ0n) is 11.7. The number of hydrogen-bond acceptors (Lipinski definition) is 3. The summed E-state index contributed by atoms with van der Waals surface area (Å²) in [5, 5.41) is 8.22. The second kappa shape index (κ2) is 7.36.